The minimum Gasteiger partial charge on any atom is -0.377 e. The van der Waals surface area contributed by atoms with Crippen LogP contribution in [-0.2, 0) is 11.3 Å². The molecule has 2 atom stereocenters. The molecule has 0 bridgehead atoms. The molecule has 1 aliphatic rings. The zero-order valence-corrected chi connectivity index (χ0v) is 13.2. The molecule has 1 heterocycles. The van der Waals surface area contributed by atoms with E-state index < -0.39 is 0 Å². The lowest BCUT2D eigenvalue weighted by Gasteiger charge is -2.22. The van der Waals surface area contributed by atoms with E-state index in [-0.39, 0.29) is 0 Å². The smallest absolute Gasteiger partial charge is 0.0726 e. The number of halogens is 1. The summed E-state index contributed by atoms with van der Waals surface area (Å²) in [5, 5.41) is 4.40. The Morgan fingerprint density at radius 1 is 1.45 bits per heavy atom. The summed E-state index contributed by atoms with van der Waals surface area (Å²) in [5.41, 5.74) is 1.18. The Labute approximate surface area is 127 Å². The molecule has 1 aliphatic heterocycles. The van der Waals surface area contributed by atoms with Gasteiger partial charge in [-0.05, 0) is 38.4 Å². The number of hydrogen-bond acceptors (Lipinski definition) is 3. The van der Waals surface area contributed by atoms with Crippen LogP contribution in [0.25, 0.3) is 0 Å². The van der Waals surface area contributed by atoms with E-state index in [2.05, 4.69) is 30.3 Å². The first kappa shape index (κ1) is 15.8. The van der Waals surface area contributed by atoms with E-state index >= 15 is 0 Å². The molecule has 4 heteroatoms. The fourth-order valence-electron chi connectivity index (χ4n) is 2.61. The number of hydrogen-bond donors (Lipinski definition) is 1. The van der Waals surface area contributed by atoms with Gasteiger partial charge in [0.05, 0.1) is 6.10 Å². The highest BCUT2D eigenvalue weighted by Gasteiger charge is 2.21. The fraction of sp³-hybridized carbons (Fsp3) is 0.625. The summed E-state index contributed by atoms with van der Waals surface area (Å²) in [4.78, 5) is 2.29. The molecule has 0 aromatic heterocycles. The Bertz CT molecular complexity index is 407. The van der Waals surface area contributed by atoms with Crippen LogP contribution in [0.3, 0.4) is 0 Å². The van der Waals surface area contributed by atoms with Gasteiger partial charge in [0.2, 0.25) is 0 Å². The molecule has 112 valence electrons. The summed E-state index contributed by atoms with van der Waals surface area (Å²) < 4.78 is 5.69. The molecular formula is C16H25ClN2O. The van der Waals surface area contributed by atoms with Crippen LogP contribution in [0.1, 0.15) is 25.3 Å². The van der Waals surface area contributed by atoms with Gasteiger partial charge >= 0.3 is 0 Å². The van der Waals surface area contributed by atoms with Gasteiger partial charge in [0.15, 0.2) is 0 Å². The van der Waals surface area contributed by atoms with Gasteiger partial charge in [0, 0.05) is 37.3 Å². The third-order valence-corrected chi connectivity index (χ3v) is 4.25. The lowest BCUT2D eigenvalue weighted by atomic mass is 10.1. The van der Waals surface area contributed by atoms with Crippen LogP contribution in [0.15, 0.2) is 24.3 Å². The summed E-state index contributed by atoms with van der Waals surface area (Å²) in [6, 6.07) is 8.47. The summed E-state index contributed by atoms with van der Waals surface area (Å²) in [7, 11) is 2.13. The van der Waals surface area contributed by atoms with Crippen LogP contribution in [0.4, 0.5) is 0 Å². The van der Waals surface area contributed by atoms with Crippen molar-refractivity contribution in [1.82, 2.24) is 10.2 Å². The third kappa shape index (κ3) is 4.74. The molecule has 1 saturated heterocycles. The van der Waals surface area contributed by atoms with Crippen LogP contribution in [0, 0.1) is 0 Å². The van der Waals surface area contributed by atoms with E-state index in [0.717, 1.165) is 31.3 Å². The molecule has 0 saturated carbocycles. The van der Waals surface area contributed by atoms with Gasteiger partial charge in [-0.25, -0.2) is 0 Å². The van der Waals surface area contributed by atoms with Gasteiger partial charge in [-0.15, -0.1) is 0 Å². The topological polar surface area (TPSA) is 24.5 Å². The number of ether oxygens (including phenoxy) is 1. The van der Waals surface area contributed by atoms with Crippen molar-refractivity contribution < 1.29 is 4.74 Å². The quantitative estimate of drug-likeness (QED) is 0.837. The second kappa shape index (κ2) is 7.99. The molecule has 0 amide bonds. The highest BCUT2D eigenvalue weighted by molar-refractivity contribution is 6.31. The highest BCUT2D eigenvalue weighted by Crippen LogP contribution is 2.17. The van der Waals surface area contributed by atoms with E-state index in [1.807, 2.05) is 18.2 Å². The van der Waals surface area contributed by atoms with E-state index in [0.29, 0.717) is 12.1 Å². The molecule has 0 radical (unpaired) electrons. The van der Waals surface area contributed by atoms with Crippen LogP contribution >= 0.6 is 11.6 Å². The monoisotopic (exact) mass is 296 g/mol. The van der Waals surface area contributed by atoms with Crippen LogP contribution in [0.5, 0.6) is 0 Å². The maximum absolute atomic E-state index is 6.18. The number of nitrogens with one attached hydrogen (secondary N) is 1. The first-order chi connectivity index (χ1) is 9.66. The van der Waals surface area contributed by atoms with Crippen molar-refractivity contribution in [1.29, 1.82) is 0 Å². The third-order valence-electron chi connectivity index (χ3n) is 3.88. The molecule has 1 fully saturated rings. The van der Waals surface area contributed by atoms with E-state index in [1.165, 1.54) is 18.4 Å². The number of likely N-dealkylation sites (N-methyl/N-ethyl adjacent to an activating group) is 1. The van der Waals surface area contributed by atoms with Gasteiger partial charge < -0.3 is 15.0 Å². The largest absolute Gasteiger partial charge is 0.377 e. The minimum absolute atomic E-state index is 0.392. The maximum atomic E-state index is 6.18. The van der Waals surface area contributed by atoms with Crippen molar-refractivity contribution in [2.75, 3.05) is 26.7 Å². The van der Waals surface area contributed by atoms with Crippen LogP contribution in [0.2, 0.25) is 5.02 Å². The second-order valence-corrected chi connectivity index (χ2v) is 6.03. The molecule has 1 aromatic rings. The average molecular weight is 297 g/mol. The van der Waals surface area contributed by atoms with E-state index in [9.17, 15) is 0 Å². The van der Waals surface area contributed by atoms with E-state index in [4.69, 9.17) is 16.3 Å². The first-order valence-electron chi connectivity index (χ1n) is 7.44. The predicted molar refractivity (Wildman–Crippen MR) is 84.2 cm³/mol. The Morgan fingerprint density at radius 2 is 2.25 bits per heavy atom. The maximum Gasteiger partial charge on any atom is 0.0726 e. The first-order valence-corrected chi connectivity index (χ1v) is 7.81. The molecule has 2 rings (SSSR count). The van der Waals surface area contributed by atoms with Crippen molar-refractivity contribution in [3.8, 4) is 0 Å². The lowest BCUT2D eigenvalue weighted by Crippen LogP contribution is -2.40. The van der Waals surface area contributed by atoms with Crippen molar-refractivity contribution in [2.24, 2.45) is 0 Å². The average Bonchev–Trinajstić information content (AvgIpc) is 2.95. The molecular weight excluding hydrogens is 272 g/mol. The summed E-state index contributed by atoms with van der Waals surface area (Å²) in [6.07, 6.45) is 2.77. The van der Waals surface area contributed by atoms with Gasteiger partial charge in [0.25, 0.3) is 0 Å². The highest BCUT2D eigenvalue weighted by atomic mass is 35.5. The van der Waals surface area contributed by atoms with Crippen LogP contribution in [-0.4, -0.2) is 43.8 Å². The van der Waals surface area contributed by atoms with Crippen LogP contribution < -0.4 is 5.32 Å². The molecule has 1 aromatic carbocycles. The Morgan fingerprint density at radius 3 is 2.95 bits per heavy atom. The summed E-state index contributed by atoms with van der Waals surface area (Å²) >= 11 is 6.18. The molecule has 20 heavy (non-hydrogen) atoms. The lowest BCUT2D eigenvalue weighted by molar-refractivity contribution is 0.0829. The molecule has 2 unspecified atom stereocenters. The molecule has 1 N–H and O–H groups in total. The van der Waals surface area contributed by atoms with Crippen molar-refractivity contribution in [3.05, 3.63) is 34.9 Å². The Hall–Kier alpha value is -0.610. The second-order valence-electron chi connectivity index (χ2n) is 5.62. The number of benzene rings is 1. The van der Waals surface area contributed by atoms with Crippen molar-refractivity contribution >= 4 is 11.6 Å². The van der Waals surface area contributed by atoms with Gasteiger partial charge in [-0.2, -0.15) is 0 Å². The van der Waals surface area contributed by atoms with E-state index in [1.54, 1.807) is 0 Å². The summed E-state index contributed by atoms with van der Waals surface area (Å²) in [6.45, 7) is 5.99. The summed E-state index contributed by atoms with van der Waals surface area (Å²) in [5.74, 6) is 0. The zero-order chi connectivity index (χ0) is 14.4. The normalized spacial score (nSPS) is 20.5. The zero-order valence-electron chi connectivity index (χ0n) is 12.4. The standard InChI is InChI=1S/C16H25ClN2O/c1-13(16-8-5-11-20-16)18-9-10-19(2)12-14-6-3-4-7-15(14)17/h3-4,6-7,13,16,18H,5,8-12H2,1-2H3. The Kier molecular flexibility index (Phi) is 6.30. The van der Waals surface area contributed by atoms with Gasteiger partial charge in [-0.3, -0.25) is 0 Å². The SMILES string of the molecule is CC(NCCN(C)Cc1ccccc1Cl)C1CCCO1. The number of nitrogens with zero attached hydrogens (tertiary/aromatic N) is 1. The predicted octanol–water partition coefficient (Wildman–Crippen LogP) is 2.93. The molecule has 0 aliphatic carbocycles. The number of rotatable bonds is 7. The van der Waals surface area contributed by atoms with Crippen molar-refractivity contribution in [2.45, 2.75) is 38.5 Å². The molecule has 3 nitrogen and oxygen atoms in total. The fourth-order valence-corrected chi connectivity index (χ4v) is 2.80. The van der Waals surface area contributed by atoms with Gasteiger partial charge in [0.1, 0.15) is 0 Å². The van der Waals surface area contributed by atoms with Crippen molar-refractivity contribution in [3.63, 3.8) is 0 Å². The molecule has 0 spiro atoms. The minimum atomic E-state index is 0.392. The van der Waals surface area contributed by atoms with Gasteiger partial charge in [-0.1, -0.05) is 29.8 Å². The Balaban J connectivity index is 1.67.